The smallest absolute Gasteiger partial charge is 0.143 e. The number of fused-ring (bicyclic) bond motifs is 6. The van der Waals surface area contributed by atoms with E-state index in [1.807, 2.05) is 24.3 Å². The van der Waals surface area contributed by atoms with E-state index in [9.17, 15) is 0 Å². The van der Waals surface area contributed by atoms with Crippen LogP contribution < -0.4 is 4.90 Å². The Bertz CT molecular complexity index is 3600. The van der Waals surface area contributed by atoms with Crippen molar-refractivity contribution in [3.63, 3.8) is 0 Å². The van der Waals surface area contributed by atoms with Crippen molar-refractivity contribution in [2.45, 2.75) is 0 Å². The molecule has 10 aromatic carbocycles. The summed E-state index contributed by atoms with van der Waals surface area (Å²) in [7, 11) is 0. The van der Waals surface area contributed by atoms with Crippen molar-refractivity contribution in [3.05, 3.63) is 237 Å². The highest BCUT2D eigenvalue weighted by Crippen LogP contribution is 2.49. The van der Waals surface area contributed by atoms with Gasteiger partial charge >= 0.3 is 0 Å². The molecule has 0 saturated carbocycles. The van der Waals surface area contributed by atoms with Gasteiger partial charge in [-0.25, -0.2) is 0 Å². The molecule has 296 valence electrons. The molecule has 3 heteroatoms. The van der Waals surface area contributed by atoms with Crippen LogP contribution in [-0.4, -0.2) is 0 Å². The van der Waals surface area contributed by atoms with Gasteiger partial charge in [0.25, 0.3) is 0 Å². The van der Waals surface area contributed by atoms with Gasteiger partial charge in [0.15, 0.2) is 0 Å². The molecule has 0 atom stereocenters. The van der Waals surface area contributed by atoms with E-state index >= 15 is 0 Å². The lowest BCUT2D eigenvalue weighted by Gasteiger charge is -2.30. The highest BCUT2D eigenvalue weighted by Gasteiger charge is 2.23. The van der Waals surface area contributed by atoms with Crippen LogP contribution in [0.4, 0.5) is 17.1 Å². The first-order valence-corrected chi connectivity index (χ1v) is 21.4. The third-order valence-corrected chi connectivity index (χ3v) is 12.3. The summed E-state index contributed by atoms with van der Waals surface area (Å²) in [5, 5.41) is 4.49. The van der Waals surface area contributed by atoms with E-state index in [0.717, 1.165) is 105 Å². The minimum absolute atomic E-state index is 0.893. The summed E-state index contributed by atoms with van der Waals surface area (Å²) in [5.41, 5.74) is 18.2. The zero-order chi connectivity index (χ0) is 41.7. The fourth-order valence-corrected chi connectivity index (χ4v) is 9.34. The highest BCUT2D eigenvalue weighted by atomic mass is 16.3. The zero-order valence-corrected chi connectivity index (χ0v) is 34.3. The summed E-state index contributed by atoms with van der Waals surface area (Å²) >= 11 is 0. The third kappa shape index (κ3) is 6.38. The molecule has 0 aliphatic rings. The largest absolute Gasteiger partial charge is 0.456 e. The molecule has 0 aliphatic heterocycles. The number of hydrogen-bond acceptors (Lipinski definition) is 3. The molecular formula is C60H39NO2. The Balaban J connectivity index is 1.05. The second-order valence-corrected chi connectivity index (χ2v) is 16.0. The molecule has 0 spiro atoms. The Hall–Kier alpha value is -8.40. The van der Waals surface area contributed by atoms with Crippen molar-refractivity contribution in [3.8, 4) is 55.6 Å². The highest BCUT2D eigenvalue weighted by molar-refractivity contribution is 6.10. The number of nitrogens with zero attached hydrogens (tertiary/aromatic N) is 1. The third-order valence-electron chi connectivity index (χ3n) is 12.3. The van der Waals surface area contributed by atoms with E-state index < -0.39 is 0 Å². The van der Waals surface area contributed by atoms with Gasteiger partial charge in [-0.1, -0.05) is 182 Å². The molecule has 3 nitrogen and oxygen atoms in total. The summed E-state index contributed by atoms with van der Waals surface area (Å²) in [6.45, 7) is 0. The van der Waals surface area contributed by atoms with Gasteiger partial charge in [-0.3, -0.25) is 0 Å². The molecule has 0 aliphatic carbocycles. The second-order valence-electron chi connectivity index (χ2n) is 16.0. The van der Waals surface area contributed by atoms with Crippen molar-refractivity contribution in [2.24, 2.45) is 0 Å². The fourth-order valence-electron chi connectivity index (χ4n) is 9.34. The Morgan fingerprint density at radius 2 is 0.746 bits per heavy atom. The zero-order valence-electron chi connectivity index (χ0n) is 34.3. The standard InChI is InChI=1S/C60H39NO2/c1-3-15-41(16-4-1)47-19-7-8-22-52(47)59-48(42-17-5-2-6-18-42)23-14-26-55(59)61(45-34-29-40(30-35-45)44-33-38-58-54(39-44)51-21-10-11-27-56(51)62-58)46-36-31-43(32-37-46)49-24-13-25-53-50-20-9-12-28-57(50)63-60(49)53/h1-39H. The maximum atomic E-state index is 6.49. The van der Waals surface area contributed by atoms with E-state index in [0.29, 0.717) is 0 Å². The molecular weight excluding hydrogens is 767 g/mol. The van der Waals surface area contributed by atoms with Gasteiger partial charge in [-0.05, 0) is 99.1 Å². The van der Waals surface area contributed by atoms with Gasteiger partial charge in [0, 0.05) is 44.0 Å². The molecule has 0 saturated heterocycles. The molecule has 12 aromatic rings. The van der Waals surface area contributed by atoms with Crippen molar-refractivity contribution in [2.75, 3.05) is 4.90 Å². The molecule has 0 N–H and O–H groups in total. The lowest BCUT2D eigenvalue weighted by atomic mass is 9.87. The Labute approximate surface area is 365 Å². The topological polar surface area (TPSA) is 29.5 Å². The second kappa shape index (κ2) is 15.3. The monoisotopic (exact) mass is 805 g/mol. The minimum atomic E-state index is 0.893. The first kappa shape index (κ1) is 36.5. The van der Waals surface area contributed by atoms with E-state index in [2.05, 4.69) is 217 Å². The molecule has 0 fully saturated rings. The lowest BCUT2D eigenvalue weighted by Crippen LogP contribution is -2.12. The summed E-state index contributed by atoms with van der Waals surface area (Å²) in [5.74, 6) is 0. The number of para-hydroxylation sites is 3. The molecule has 0 bridgehead atoms. The Morgan fingerprint density at radius 3 is 1.46 bits per heavy atom. The van der Waals surface area contributed by atoms with Crippen molar-refractivity contribution in [1.29, 1.82) is 0 Å². The van der Waals surface area contributed by atoms with Crippen LogP contribution in [0.1, 0.15) is 0 Å². The van der Waals surface area contributed by atoms with Gasteiger partial charge < -0.3 is 13.7 Å². The average Bonchev–Trinajstić information content (AvgIpc) is 3.93. The maximum Gasteiger partial charge on any atom is 0.143 e. The minimum Gasteiger partial charge on any atom is -0.456 e. The summed E-state index contributed by atoms with van der Waals surface area (Å²) in [4.78, 5) is 2.41. The van der Waals surface area contributed by atoms with E-state index in [1.165, 1.54) is 11.1 Å². The van der Waals surface area contributed by atoms with E-state index in [1.54, 1.807) is 0 Å². The van der Waals surface area contributed by atoms with E-state index in [4.69, 9.17) is 8.83 Å². The van der Waals surface area contributed by atoms with Crippen LogP contribution in [0.3, 0.4) is 0 Å². The predicted molar refractivity (Wildman–Crippen MR) is 263 cm³/mol. The Kier molecular flexibility index (Phi) is 8.83. The van der Waals surface area contributed by atoms with Crippen molar-refractivity contribution >= 4 is 60.9 Å². The Morgan fingerprint density at radius 1 is 0.270 bits per heavy atom. The molecule has 2 aromatic heterocycles. The predicted octanol–water partition coefficient (Wildman–Crippen LogP) is 17.3. The molecule has 0 unspecified atom stereocenters. The van der Waals surface area contributed by atoms with Crippen LogP contribution in [0.2, 0.25) is 0 Å². The van der Waals surface area contributed by atoms with E-state index in [-0.39, 0.29) is 0 Å². The quantitative estimate of drug-likeness (QED) is 0.153. The van der Waals surface area contributed by atoms with Crippen LogP contribution in [-0.2, 0) is 0 Å². The number of benzene rings is 10. The first-order valence-electron chi connectivity index (χ1n) is 21.4. The van der Waals surface area contributed by atoms with Crippen LogP contribution in [0, 0.1) is 0 Å². The normalized spacial score (nSPS) is 11.5. The molecule has 2 heterocycles. The van der Waals surface area contributed by atoms with Gasteiger partial charge in [-0.15, -0.1) is 0 Å². The summed E-state index contributed by atoms with van der Waals surface area (Å²) < 4.78 is 12.7. The number of furan rings is 2. The van der Waals surface area contributed by atoms with Crippen LogP contribution in [0.15, 0.2) is 245 Å². The number of rotatable bonds is 8. The summed E-state index contributed by atoms with van der Waals surface area (Å²) in [6, 6.07) is 84.3. The van der Waals surface area contributed by atoms with Gasteiger partial charge in [0.1, 0.15) is 22.3 Å². The maximum absolute atomic E-state index is 6.49. The van der Waals surface area contributed by atoms with Crippen LogP contribution in [0.5, 0.6) is 0 Å². The van der Waals surface area contributed by atoms with Crippen molar-refractivity contribution in [1.82, 2.24) is 0 Å². The lowest BCUT2D eigenvalue weighted by molar-refractivity contribution is 0.669. The SMILES string of the molecule is c1ccc(-c2ccccc2-c2c(-c3ccccc3)cccc2N(c2ccc(-c3ccc4oc5ccccc5c4c3)cc2)c2ccc(-c3cccc4c3oc3ccccc34)cc2)cc1. The molecule has 63 heavy (non-hydrogen) atoms. The average molecular weight is 806 g/mol. The van der Waals surface area contributed by atoms with Crippen LogP contribution in [0.25, 0.3) is 99.5 Å². The van der Waals surface area contributed by atoms with Gasteiger partial charge in [0.05, 0.1) is 5.69 Å². The summed E-state index contributed by atoms with van der Waals surface area (Å²) in [6.07, 6.45) is 0. The fraction of sp³-hybridized carbons (Fsp3) is 0. The molecule has 0 radical (unpaired) electrons. The van der Waals surface area contributed by atoms with Crippen LogP contribution >= 0.6 is 0 Å². The molecule has 0 amide bonds. The number of hydrogen-bond donors (Lipinski definition) is 0. The van der Waals surface area contributed by atoms with Crippen molar-refractivity contribution < 1.29 is 8.83 Å². The van der Waals surface area contributed by atoms with Gasteiger partial charge in [-0.2, -0.15) is 0 Å². The number of anilines is 3. The molecule has 12 rings (SSSR count). The first-order chi connectivity index (χ1) is 31.2. The van der Waals surface area contributed by atoms with Gasteiger partial charge in [0.2, 0.25) is 0 Å².